The van der Waals surface area contributed by atoms with Crippen LogP contribution < -0.4 is 5.56 Å². The van der Waals surface area contributed by atoms with Crippen molar-refractivity contribution in [3.8, 4) is 0 Å². The minimum absolute atomic E-state index is 0.0910. The van der Waals surface area contributed by atoms with E-state index >= 15 is 0 Å². The molecular weight excluding hydrogens is 370 g/mol. The number of fused-ring (bicyclic) bond motifs is 3. The Hall–Kier alpha value is -2.29. The summed E-state index contributed by atoms with van der Waals surface area (Å²) in [4.78, 5) is 18.9. The molecule has 0 fully saturated rings. The number of rotatable bonds is 4. The van der Waals surface area contributed by atoms with Gasteiger partial charge >= 0.3 is 0 Å². The van der Waals surface area contributed by atoms with Crippen molar-refractivity contribution in [3.63, 3.8) is 0 Å². The molecule has 6 nitrogen and oxygen atoms in total. The number of hydrogen-bond acceptors (Lipinski definition) is 5. The lowest BCUT2D eigenvalue weighted by molar-refractivity contribution is 0.396. The third-order valence-electron chi connectivity index (χ3n) is 4.50. The van der Waals surface area contributed by atoms with Crippen molar-refractivity contribution in [1.82, 2.24) is 13.9 Å². The summed E-state index contributed by atoms with van der Waals surface area (Å²) < 4.78 is 28.7. The normalized spacial score (nSPS) is 15.1. The Morgan fingerprint density at radius 1 is 1.27 bits per heavy atom. The molecule has 1 aromatic carbocycles. The van der Waals surface area contributed by atoms with E-state index in [-0.39, 0.29) is 17.0 Å². The fourth-order valence-electron chi connectivity index (χ4n) is 3.21. The zero-order valence-electron chi connectivity index (χ0n) is 14.0. The Bertz CT molecular complexity index is 1150. The van der Waals surface area contributed by atoms with Gasteiger partial charge < -0.3 is 0 Å². The van der Waals surface area contributed by atoms with Crippen LogP contribution in [0, 0.1) is 0 Å². The molecule has 3 aromatic rings. The molecule has 1 aliphatic rings. The first-order valence-electron chi connectivity index (χ1n) is 8.18. The van der Waals surface area contributed by atoms with Crippen LogP contribution in [-0.4, -0.2) is 28.8 Å². The van der Waals surface area contributed by atoms with Gasteiger partial charge in [0.1, 0.15) is 4.83 Å². The number of nitrogens with zero attached hydrogens (tertiary/aromatic N) is 3. The third-order valence-corrected chi connectivity index (χ3v) is 7.48. The molecule has 0 radical (unpaired) electrons. The topological polar surface area (TPSA) is 72.3 Å². The van der Waals surface area contributed by atoms with Gasteiger partial charge in [-0.2, -0.15) is 4.31 Å². The van der Waals surface area contributed by atoms with Crippen molar-refractivity contribution >= 4 is 31.6 Å². The first-order chi connectivity index (χ1) is 12.5. The number of benzene rings is 1. The van der Waals surface area contributed by atoms with E-state index < -0.39 is 10.0 Å². The summed E-state index contributed by atoms with van der Waals surface area (Å²) in [6, 6.07) is 8.43. The van der Waals surface area contributed by atoms with E-state index in [1.54, 1.807) is 36.4 Å². The lowest BCUT2D eigenvalue weighted by atomic mass is 10.1. The number of hydrogen-bond donors (Lipinski definition) is 0. The van der Waals surface area contributed by atoms with Gasteiger partial charge in [0.2, 0.25) is 10.0 Å². The van der Waals surface area contributed by atoms with Crippen molar-refractivity contribution < 1.29 is 8.42 Å². The molecule has 0 saturated carbocycles. The average molecular weight is 387 g/mol. The molecule has 0 N–H and O–H groups in total. The highest BCUT2D eigenvalue weighted by Gasteiger charge is 2.31. The SMILES string of the molecule is C=CCn1cnc2sc3c(c2c1=O)CCN(S(=O)(=O)c1ccccc1)C3. The van der Waals surface area contributed by atoms with Crippen molar-refractivity contribution in [2.75, 3.05) is 6.54 Å². The molecule has 4 rings (SSSR count). The zero-order chi connectivity index (χ0) is 18.3. The second kappa shape index (κ2) is 6.46. The zero-order valence-corrected chi connectivity index (χ0v) is 15.6. The second-order valence-corrected chi connectivity index (χ2v) is 9.10. The molecule has 0 amide bonds. The molecule has 134 valence electrons. The molecule has 8 heteroatoms. The van der Waals surface area contributed by atoms with Crippen molar-refractivity contribution in [2.45, 2.75) is 24.4 Å². The lowest BCUT2D eigenvalue weighted by Crippen LogP contribution is -2.35. The fraction of sp³-hybridized carbons (Fsp3) is 0.222. The van der Waals surface area contributed by atoms with Crippen LogP contribution in [0.5, 0.6) is 0 Å². The van der Waals surface area contributed by atoms with Crippen LogP contribution in [0.4, 0.5) is 0 Å². The van der Waals surface area contributed by atoms with Gasteiger partial charge in [0.05, 0.1) is 16.6 Å². The van der Waals surface area contributed by atoms with Crippen LogP contribution in [0.3, 0.4) is 0 Å². The maximum Gasteiger partial charge on any atom is 0.262 e. The monoisotopic (exact) mass is 387 g/mol. The van der Waals surface area contributed by atoms with Crippen molar-refractivity contribution in [3.05, 3.63) is 70.1 Å². The molecule has 26 heavy (non-hydrogen) atoms. The Labute approximate surface area is 155 Å². The molecule has 2 aromatic heterocycles. The molecule has 0 aliphatic carbocycles. The van der Waals surface area contributed by atoms with Crippen LogP contribution in [-0.2, 0) is 29.5 Å². The lowest BCUT2D eigenvalue weighted by Gasteiger charge is -2.26. The van der Waals surface area contributed by atoms with Crippen LogP contribution in [0.2, 0.25) is 0 Å². The maximum absolute atomic E-state index is 12.9. The summed E-state index contributed by atoms with van der Waals surface area (Å²) in [5.41, 5.74) is 0.840. The summed E-state index contributed by atoms with van der Waals surface area (Å²) >= 11 is 1.40. The average Bonchev–Trinajstić information content (AvgIpc) is 3.03. The van der Waals surface area contributed by atoms with Crippen molar-refractivity contribution in [1.29, 1.82) is 0 Å². The number of aromatic nitrogens is 2. The van der Waals surface area contributed by atoms with Gasteiger partial charge in [-0.3, -0.25) is 9.36 Å². The summed E-state index contributed by atoms with van der Waals surface area (Å²) in [5, 5.41) is 0.617. The standard InChI is InChI=1S/C18H17N3O3S2/c1-2-9-20-12-19-17-16(18(20)22)14-8-10-21(11-15(14)25-17)26(23,24)13-6-4-3-5-7-13/h2-7,12H,1,8-11H2. The van der Waals surface area contributed by atoms with Gasteiger partial charge in [-0.25, -0.2) is 13.4 Å². The van der Waals surface area contributed by atoms with Gasteiger partial charge in [0.15, 0.2) is 0 Å². The predicted molar refractivity (Wildman–Crippen MR) is 102 cm³/mol. The van der Waals surface area contributed by atoms with Gasteiger partial charge in [-0.15, -0.1) is 17.9 Å². The van der Waals surface area contributed by atoms with Gasteiger partial charge in [-0.1, -0.05) is 24.3 Å². The highest BCUT2D eigenvalue weighted by atomic mass is 32.2. The molecular formula is C18H17N3O3S2. The molecule has 0 atom stereocenters. The fourth-order valence-corrected chi connectivity index (χ4v) is 5.92. The van der Waals surface area contributed by atoms with Crippen molar-refractivity contribution in [2.24, 2.45) is 0 Å². The van der Waals surface area contributed by atoms with Crippen LogP contribution >= 0.6 is 11.3 Å². The van der Waals surface area contributed by atoms with Crippen LogP contribution in [0.25, 0.3) is 10.2 Å². The minimum Gasteiger partial charge on any atom is -0.295 e. The van der Waals surface area contributed by atoms with Gasteiger partial charge in [0.25, 0.3) is 5.56 Å². The summed E-state index contributed by atoms with van der Waals surface area (Å²) in [7, 11) is -3.55. The maximum atomic E-state index is 12.9. The Morgan fingerprint density at radius 2 is 2.04 bits per heavy atom. The van der Waals surface area contributed by atoms with E-state index in [2.05, 4.69) is 11.6 Å². The highest BCUT2D eigenvalue weighted by molar-refractivity contribution is 7.89. The number of sulfonamides is 1. The van der Waals surface area contributed by atoms with E-state index in [1.165, 1.54) is 26.5 Å². The first-order valence-corrected chi connectivity index (χ1v) is 10.4. The third kappa shape index (κ3) is 2.70. The highest BCUT2D eigenvalue weighted by Crippen LogP contribution is 2.34. The first kappa shape index (κ1) is 17.1. The number of allylic oxidation sites excluding steroid dienone is 1. The smallest absolute Gasteiger partial charge is 0.262 e. The van der Waals surface area contributed by atoms with Crippen LogP contribution in [0.1, 0.15) is 10.4 Å². The van der Waals surface area contributed by atoms with Crippen LogP contribution in [0.15, 0.2) is 59.0 Å². The minimum atomic E-state index is -3.55. The van der Waals surface area contributed by atoms with E-state index in [9.17, 15) is 13.2 Å². The second-order valence-electron chi connectivity index (χ2n) is 6.08. The molecule has 0 saturated heterocycles. The largest absolute Gasteiger partial charge is 0.295 e. The Morgan fingerprint density at radius 3 is 2.77 bits per heavy atom. The van der Waals surface area contributed by atoms with Gasteiger partial charge in [0, 0.05) is 24.5 Å². The molecule has 1 aliphatic heterocycles. The van der Waals surface area contributed by atoms with Gasteiger partial charge in [-0.05, 0) is 24.1 Å². The summed E-state index contributed by atoms with van der Waals surface area (Å²) in [5.74, 6) is 0. The molecule has 0 bridgehead atoms. The quantitative estimate of drug-likeness (QED) is 0.645. The molecule has 3 heterocycles. The van der Waals surface area contributed by atoms with E-state index in [1.807, 2.05) is 0 Å². The molecule has 0 unspecified atom stereocenters. The van der Waals surface area contributed by atoms with E-state index in [4.69, 9.17) is 0 Å². The summed E-state index contributed by atoms with van der Waals surface area (Å²) in [6.07, 6.45) is 3.69. The Kier molecular flexibility index (Phi) is 4.26. The van der Waals surface area contributed by atoms with E-state index in [0.29, 0.717) is 29.7 Å². The Balaban J connectivity index is 1.75. The van der Waals surface area contributed by atoms with E-state index in [0.717, 1.165) is 10.4 Å². The number of thiophene rings is 1. The predicted octanol–water partition coefficient (Wildman–Crippen LogP) is 2.39. The summed E-state index contributed by atoms with van der Waals surface area (Å²) in [6.45, 7) is 4.69. The molecule has 0 spiro atoms.